The van der Waals surface area contributed by atoms with Gasteiger partial charge in [-0.3, -0.25) is 24.7 Å². The molecule has 11 rings (SSSR count). The SMILES string of the molecule is O=C1CC[C@H](N2Cc3cc4c(cc3C2)N2CCN(CC3COC5(CCN(c6ccc([C@H]7c8ccc(O)cc8OC[C@H]7c7ccccc7)cc6F)CC5)C3)C[C@H]2CO4)C(=O)N1. The first-order valence-electron chi connectivity index (χ1n) is 21.8. The molecule has 7 aliphatic rings. The molecule has 4 saturated heterocycles. The highest BCUT2D eigenvalue weighted by atomic mass is 19.1. The molecule has 0 aromatic heterocycles. The number of hydrogen-bond acceptors (Lipinski definition) is 10. The second-order valence-corrected chi connectivity index (χ2v) is 18.2. The molecule has 2 N–H and O–H groups in total. The Balaban J connectivity index is 0.705. The van der Waals surface area contributed by atoms with Gasteiger partial charge in [0.1, 0.15) is 29.7 Å². The molecule has 0 aliphatic carbocycles. The topological polar surface area (TPSA) is 107 Å². The molecular weight excluding hydrogens is 762 g/mol. The van der Waals surface area contributed by atoms with Gasteiger partial charge in [-0.1, -0.05) is 42.5 Å². The summed E-state index contributed by atoms with van der Waals surface area (Å²) in [4.78, 5) is 33.8. The van der Waals surface area contributed by atoms with Crippen LogP contribution in [0.15, 0.2) is 78.9 Å². The molecule has 2 amide bonds. The standard InChI is InChI=1S/C48H52FN5O6/c49-39-18-32(46-37-8-7-36(55)21-43(37)59-29-38(46)31-4-2-1-3-5-31)6-9-40(39)52-14-12-48(13-15-52)22-30(27-60-48)23-51-16-17-54-35(26-51)28-58-44-20-34-25-53(24-33(34)19-42(44)54)41-10-11-45(56)50-47(41)57/h1-9,18-21,30,35,38,41,46,55H,10-17,22-29H2,(H,50,56,57)/t30?,35-,38-,41-,46-/m0/s1. The second kappa shape index (κ2) is 15.1. The Bertz CT molecular complexity index is 2320. The number of anilines is 2. The third-order valence-corrected chi connectivity index (χ3v) is 14.5. The van der Waals surface area contributed by atoms with E-state index in [0.717, 1.165) is 93.3 Å². The van der Waals surface area contributed by atoms with Crippen molar-refractivity contribution in [2.75, 3.05) is 68.9 Å². The Labute approximate surface area is 350 Å². The molecule has 0 saturated carbocycles. The van der Waals surface area contributed by atoms with Crippen LogP contribution in [0, 0.1) is 11.7 Å². The van der Waals surface area contributed by atoms with Crippen molar-refractivity contribution >= 4 is 23.2 Å². The van der Waals surface area contributed by atoms with E-state index in [1.807, 2.05) is 30.3 Å². The van der Waals surface area contributed by atoms with Gasteiger partial charge < -0.3 is 29.1 Å². The van der Waals surface area contributed by atoms with Crippen LogP contribution in [0.25, 0.3) is 0 Å². The summed E-state index contributed by atoms with van der Waals surface area (Å²) in [6.07, 6.45) is 3.74. The number of fused-ring (bicyclic) bond motifs is 5. The summed E-state index contributed by atoms with van der Waals surface area (Å²) in [7, 11) is 0. The largest absolute Gasteiger partial charge is 0.508 e. The van der Waals surface area contributed by atoms with E-state index in [1.165, 1.54) is 11.1 Å². The fourth-order valence-corrected chi connectivity index (χ4v) is 11.5. The van der Waals surface area contributed by atoms with Crippen molar-refractivity contribution in [3.05, 3.63) is 112 Å². The first-order chi connectivity index (χ1) is 29.3. The van der Waals surface area contributed by atoms with E-state index in [9.17, 15) is 14.7 Å². The van der Waals surface area contributed by atoms with Crippen LogP contribution in [0.3, 0.4) is 0 Å². The number of nitrogens with one attached hydrogen (secondary N) is 1. The number of halogens is 1. The molecule has 4 fully saturated rings. The number of benzene rings is 4. The van der Waals surface area contributed by atoms with Gasteiger partial charge in [0.2, 0.25) is 11.8 Å². The highest BCUT2D eigenvalue weighted by molar-refractivity contribution is 6.00. The zero-order valence-corrected chi connectivity index (χ0v) is 33.9. The lowest BCUT2D eigenvalue weighted by atomic mass is 9.76. The third kappa shape index (κ3) is 6.86. The predicted octanol–water partition coefficient (Wildman–Crippen LogP) is 5.92. The highest BCUT2D eigenvalue weighted by Crippen LogP contribution is 2.48. The summed E-state index contributed by atoms with van der Waals surface area (Å²) in [5.41, 5.74) is 7.09. The third-order valence-electron chi connectivity index (χ3n) is 14.5. The van der Waals surface area contributed by atoms with Gasteiger partial charge in [0.05, 0.1) is 42.3 Å². The smallest absolute Gasteiger partial charge is 0.243 e. The lowest BCUT2D eigenvalue weighted by Crippen LogP contribution is -2.58. The molecule has 7 heterocycles. The average molecular weight is 814 g/mol. The Morgan fingerprint density at radius 3 is 2.45 bits per heavy atom. The molecule has 7 aliphatic heterocycles. The summed E-state index contributed by atoms with van der Waals surface area (Å²) in [6, 6.07) is 25.7. The number of piperazine rings is 1. The number of imide groups is 1. The monoisotopic (exact) mass is 813 g/mol. The zero-order chi connectivity index (χ0) is 40.5. The van der Waals surface area contributed by atoms with Crippen LogP contribution in [-0.4, -0.2) is 103 Å². The Hall–Kier alpha value is -5.17. The van der Waals surface area contributed by atoms with Gasteiger partial charge in [-0.2, -0.15) is 0 Å². The summed E-state index contributed by atoms with van der Waals surface area (Å²) in [5.74, 6) is 1.52. The number of aromatic hydroxyl groups is 1. The second-order valence-electron chi connectivity index (χ2n) is 18.2. The van der Waals surface area contributed by atoms with Gasteiger partial charge in [0.15, 0.2) is 0 Å². The number of amides is 2. The van der Waals surface area contributed by atoms with Crippen LogP contribution < -0.4 is 24.6 Å². The van der Waals surface area contributed by atoms with Crippen LogP contribution in [0.4, 0.5) is 15.8 Å². The molecule has 1 unspecified atom stereocenters. The Morgan fingerprint density at radius 2 is 1.63 bits per heavy atom. The number of carbonyl (C=O) groups excluding carboxylic acids is 2. The number of nitrogens with zero attached hydrogens (tertiary/aromatic N) is 4. The van der Waals surface area contributed by atoms with Crippen LogP contribution in [0.2, 0.25) is 0 Å². The number of phenols is 1. The first-order valence-corrected chi connectivity index (χ1v) is 21.8. The van der Waals surface area contributed by atoms with Crippen molar-refractivity contribution in [1.29, 1.82) is 0 Å². The van der Waals surface area contributed by atoms with Gasteiger partial charge >= 0.3 is 0 Å². The first kappa shape index (κ1) is 37.8. The highest BCUT2D eigenvalue weighted by Gasteiger charge is 2.45. The van der Waals surface area contributed by atoms with Crippen molar-refractivity contribution in [2.24, 2.45) is 5.92 Å². The van der Waals surface area contributed by atoms with Gasteiger partial charge in [0.25, 0.3) is 0 Å². The zero-order valence-electron chi connectivity index (χ0n) is 33.9. The van der Waals surface area contributed by atoms with E-state index in [-0.39, 0.29) is 52.9 Å². The van der Waals surface area contributed by atoms with E-state index < -0.39 is 0 Å². The quantitative estimate of drug-likeness (QED) is 0.228. The molecule has 4 aromatic carbocycles. The summed E-state index contributed by atoms with van der Waals surface area (Å²) in [5, 5.41) is 12.7. The molecule has 0 bridgehead atoms. The maximum Gasteiger partial charge on any atom is 0.243 e. The Kier molecular flexibility index (Phi) is 9.50. The van der Waals surface area contributed by atoms with E-state index >= 15 is 4.39 Å². The maximum atomic E-state index is 16.2. The van der Waals surface area contributed by atoms with Gasteiger partial charge in [-0.05, 0) is 84.2 Å². The van der Waals surface area contributed by atoms with Crippen molar-refractivity contribution < 1.29 is 33.3 Å². The fraction of sp³-hybridized carbons (Fsp3) is 0.458. The van der Waals surface area contributed by atoms with Crippen LogP contribution in [-0.2, 0) is 27.4 Å². The lowest BCUT2D eigenvalue weighted by Gasteiger charge is -2.46. The van der Waals surface area contributed by atoms with E-state index in [4.69, 9.17) is 14.2 Å². The molecular formula is C48H52FN5O6. The minimum Gasteiger partial charge on any atom is -0.508 e. The van der Waals surface area contributed by atoms with Crippen LogP contribution in [0.5, 0.6) is 17.2 Å². The predicted molar refractivity (Wildman–Crippen MR) is 224 cm³/mol. The van der Waals surface area contributed by atoms with Gasteiger partial charge in [0, 0.05) is 82.2 Å². The average Bonchev–Trinajstić information content (AvgIpc) is 3.86. The van der Waals surface area contributed by atoms with E-state index in [0.29, 0.717) is 56.5 Å². The van der Waals surface area contributed by atoms with Crippen molar-refractivity contribution in [3.63, 3.8) is 0 Å². The molecule has 60 heavy (non-hydrogen) atoms. The van der Waals surface area contributed by atoms with Gasteiger partial charge in [-0.25, -0.2) is 4.39 Å². The minimum atomic E-state index is -0.272. The number of phenolic OH excluding ortho intramolecular Hbond substituents is 1. The number of carbonyl (C=O) groups is 2. The number of piperidine rings is 2. The minimum absolute atomic E-state index is 0.00915. The van der Waals surface area contributed by atoms with Crippen LogP contribution in [0.1, 0.15) is 71.8 Å². The Morgan fingerprint density at radius 1 is 0.817 bits per heavy atom. The molecule has 12 heteroatoms. The molecule has 11 nitrogen and oxygen atoms in total. The molecule has 1 spiro atoms. The van der Waals surface area contributed by atoms with E-state index in [2.05, 4.69) is 55.2 Å². The number of hydrogen-bond donors (Lipinski definition) is 2. The number of rotatable bonds is 6. The van der Waals surface area contributed by atoms with Crippen molar-refractivity contribution in [1.82, 2.24) is 15.1 Å². The summed E-state index contributed by atoms with van der Waals surface area (Å²) < 4.78 is 35.4. The fourth-order valence-electron chi connectivity index (χ4n) is 11.5. The molecule has 312 valence electrons. The lowest BCUT2D eigenvalue weighted by molar-refractivity contribution is -0.137. The summed E-state index contributed by atoms with van der Waals surface area (Å²) in [6.45, 7) is 8.62. The van der Waals surface area contributed by atoms with Gasteiger partial charge in [-0.15, -0.1) is 0 Å². The summed E-state index contributed by atoms with van der Waals surface area (Å²) >= 11 is 0. The van der Waals surface area contributed by atoms with Crippen molar-refractivity contribution in [3.8, 4) is 17.2 Å². The molecule has 4 aromatic rings. The number of ether oxygens (including phenoxy) is 3. The van der Waals surface area contributed by atoms with Crippen LogP contribution >= 0.6 is 0 Å². The molecule has 0 radical (unpaired) electrons. The van der Waals surface area contributed by atoms with E-state index in [1.54, 1.807) is 18.2 Å². The normalized spacial score (nSPS) is 27.4. The van der Waals surface area contributed by atoms with Crippen molar-refractivity contribution in [2.45, 2.75) is 74.7 Å². The maximum absolute atomic E-state index is 16.2. The molecule has 5 atom stereocenters.